The van der Waals surface area contributed by atoms with Gasteiger partial charge < -0.3 is 14.7 Å². The van der Waals surface area contributed by atoms with Crippen molar-refractivity contribution in [3.63, 3.8) is 0 Å². The number of fused-ring (bicyclic) bond motifs is 4. The van der Waals surface area contributed by atoms with Crippen molar-refractivity contribution in [3.8, 4) is 0 Å². The number of aromatic nitrogens is 2. The molecule has 1 aromatic rings. The lowest BCUT2D eigenvalue weighted by atomic mass is 9.72. The molecule has 2 bridgehead atoms. The molecule has 4 atom stereocenters. The predicted molar refractivity (Wildman–Crippen MR) is 104 cm³/mol. The minimum atomic E-state index is -0.400. The minimum Gasteiger partial charge on any atom is -0.340 e. The Hall–Kier alpha value is -2.22. The molecular weight excluding hydrogens is 358 g/mol. The van der Waals surface area contributed by atoms with E-state index < -0.39 is 5.69 Å². The van der Waals surface area contributed by atoms with Crippen molar-refractivity contribution in [3.05, 3.63) is 28.9 Å². The Bertz CT molecular complexity index is 807. The molecular formula is C20H29N5O3. The highest BCUT2D eigenvalue weighted by atomic mass is 16.2. The molecule has 152 valence electrons. The van der Waals surface area contributed by atoms with Gasteiger partial charge in [-0.1, -0.05) is 0 Å². The van der Waals surface area contributed by atoms with Crippen LogP contribution in [0, 0.1) is 11.8 Å². The van der Waals surface area contributed by atoms with Gasteiger partial charge in [-0.15, -0.1) is 0 Å². The van der Waals surface area contributed by atoms with Gasteiger partial charge in [-0.2, -0.15) is 0 Å². The van der Waals surface area contributed by atoms with E-state index in [1.807, 2.05) is 19.0 Å². The molecule has 3 fully saturated rings. The maximum Gasteiger partial charge on any atom is 0.347 e. The molecule has 0 aliphatic carbocycles. The third-order valence-electron chi connectivity index (χ3n) is 6.49. The van der Waals surface area contributed by atoms with Crippen LogP contribution >= 0.6 is 0 Å². The number of nitrogens with zero attached hydrogens (tertiary/aromatic N) is 5. The largest absolute Gasteiger partial charge is 0.347 e. The fourth-order valence-corrected chi connectivity index (χ4v) is 5.34. The Labute approximate surface area is 165 Å². The fourth-order valence-electron chi connectivity index (χ4n) is 5.34. The van der Waals surface area contributed by atoms with E-state index in [0.717, 1.165) is 25.8 Å². The average molecular weight is 387 g/mol. The molecule has 3 saturated heterocycles. The van der Waals surface area contributed by atoms with Gasteiger partial charge in [-0.05, 0) is 51.3 Å². The molecule has 28 heavy (non-hydrogen) atoms. The second kappa shape index (κ2) is 7.66. The lowest BCUT2D eigenvalue weighted by Gasteiger charge is -2.57. The second-order valence-electron chi connectivity index (χ2n) is 8.67. The van der Waals surface area contributed by atoms with Gasteiger partial charge in [0.25, 0.3) is 0 Å². The van der Waals surface area contributed by atoms with Crippen LogP contribution in [0.15, 0.2) is 23.3 Å². The molecule has 0 N–H and O–H groups in total. The Morgan fingerprint density at radius 2 is 2.04 bits per heavy atom. The van der Waals surface area contributed by atoms with E-state index in [4.69, 9.17) is 0 Å². The first-order valence-corrected chi connectivity index (χ1v) is 10.2. The third kappa shape index (κ3) is 3.57. The lowest BCUT2D eigenvalue weighted by Crippen LogP contribution is -2.67. The zero-order valence-corrected chi connectivity index (χ0v) is 16.7. The van der Waals surface area contributed by atoms with E-state index in [1.165, 1.54) is 10.8 Å². The summed E-state index contributed by atoms with van der Waals surface area (Å²) in [6.07, 6.45) is 6.73. The summed E-state index contributed by atoms with van der Waals surface area (Å²) in [5.74, 6) is 0.855. The summed E-state index contributed by atoms with van der Waals surface area (Å²) in [6.45, 7) is 2.17. The van der Waals surface area contributed by atoms with Crippen LogP contribution in [0.4, 0.5) is 0 Å². The van der Waals surface area contributed by atoms with Gasteiger partial charge in [-0.3, -0.25) is 14.2 Å². The SMILES string of the molecule is CN(C)C[C@H]1[C@H]2C[C@H](CN(C(=O)Cn3cccnc3=O)C2)[C@@H]2CCCC(=O)N21. The maximum atomic E-state index is 13.0. The number of carbonyl (C=O) groups excluding carboxylic acids is 2. The first-order chi connectivity index (χ1) is 13.4. The number of rotatable bonds is 4. The normalized spacial score (nSPS) is 29.8. The van der Waals surface area contributed by atoms with Crippen molar-refractivity contribution in [2.24, 2.45) is 11.8 Å². The number of amides is 2. The Morgan fingerprint density at radius 3 is 2.79 bits per heavy atom. The topological polar surface area (TPSA) is 78.8 Å². The summed E-state index contributed by atoms with van der Waals surface area (Å²) in [7, 11) is 4.08. The van der Waals surface area contributed by atoms with Crippen molar-refractivity contribution in [1.29, 1.82) is 0 Å². The summed E-state index contributed by atoms with van der Waals surface area (Å²) < 4.78 is 1.36. The molecule has 1 aromatic heterocycles. The number of likely N-dealkylation sites (N-methyl/N-ethyl adjacent to an activating group) is 1. The summed E-state index contributed by atoms with van der Waals surface area (Å²) in [6, 6.07) is 2.05. The summed E-state index contributed by atoms with van der Waals surface area (Å²) >= 11 is 0. The van der Waals surface area contributed by atoms with Gasteiger partial charge in [0.2, 0.25) is 11.8 Å². The van der Waals surface area contributed by atoms with Gasteiger partial charge >= 0.3 is 5.69 Å². The van der Waals surface area contributed by atoms with Crippen molar-refractivity contribution < 1.29 is 9.59 Å². The van der Waals surface area contributed by atoms with Crippen molar-refractivity contribution in [2.45, 2.75) is 44.3 Å². The molecule has 0 radical (unpaired) electrons. The Morgan fingerprint density at radius 1 is 1.25 bits per heavy atom. The highest BCUT2D eigenvalue weighted by Gasteiger charge is 2.49. The number of hydrogen-bond donors (Lipinski definition) is 0. The highest BCUT2D eigenvalue weighted by Crippen LogP contribution is 2.41. The summed E-state index contributed by atoms with van der Waals surface area (Å²) in [5.41, 5.74) is -0.400. The number of piperidine rings is 3. The van der Waals surface area contributed by atoms with Crippen LogP contribution in [-0.2, 0) is 16.1 Å². The van der Waals surface area contributed by atoms with Gasteiger partial charge in [-0.25, -0.2) is 9.78 Å². The molecule has 8 heteroatoms. The van der Waals surface area contributed by atoms with Crippen molar-refractivity contribution in [1.82, 2.24) is 24.3 Å². The monoisotopic (exact) mass is 387 g/mol. The standard InChI is InChI=1S/C20H29N5O3/c1-22(2)12-17-15-9-14(16-5-3-6-18(26)25(16)17)10-24(11-15)19(27)13-23-8-4-7-21-20(23)28/h4,7-8,14-17H,3,5-6,9-13H2,1-2H3/t14-,15+,16+,17+/m1/s1. The predicted octanol–water partition coefficient (Wildman–Crippen LogP) is 0.0329. The fraction of sp³-hybridized carbons (Fsp3) is 0.700. The van der Waals surface area contributed by atoms with Gasteiger partial charge in [0.1, 0.15) is 6.54 Å². The third-order valence-corrected chi connectivity index (χ3v) is 6.49. The molecule has 0 aromatic carbocycles. The molecule has 4 rings (SSSR count). The van der Waals surface area contributed by atoms with E-state index in [9.17, 15) is 14.4 Å². The van der Waals surface area contributed by atoms with E-state index >= 15 is 0 Å². The molecule has 2 amide bonds. The van der Waals surface area contributed by atoms with E-state index in [-0.39, 0.29) is 36.4 Å². The molecule has 0 unspecified atom stereocenters. The van der Waals surface area contributed by atoms with Crippen LogP contribution in [0.2, 0.25) is 0 Å². The average Bonchev–Trinajstić information content (AvgIpc) is 2.66. The Kier molecular flexibility index (Phi) is 5.23. The molecule has 3 aliphatic rings. The van der Waals surface area contributed by atoms with Crippen LogP contribution in [0.5, 0.6) is 0 Å². The van der Waals surface area contributed by atoms with Gasteiger partial charge in [0.05, 0.1) is 0 Å². The van der Waals surface area contributed by atoms with E-state index in [1.54, 1.807) is 12.3 Å². The number of carbonyl (C=O) groups is 2. The second-order valence-corrected chi connectivity index (χ2v) is 8.67. The van der Waals surface area contributed by atoms with Crippen LogP contribution in [0.25, 0.3) is 0 Å². The minimum absolute atomic E-state index is 0.0256. The van der Waals surface area contributed by atoms with Crippen molar-refractivity contribution >= 4 is 11.8 Å². The first kappa shape index (κ1) is 19.1. The lowest BCUT2D eigenvalue weighted by molar-refractivity contribution is -0.157. The molecule has 0 saturated carbocycles. The highest BCUT2D eigenvalue weighted by molar-refractivity contribution is 5.78. The smallest absolute Gasteiger partial charge is 0.340 e. The van der Waals surface area contributed by atoms with Gasteiger partial charge in [0, 0.05) is 50.5 Å². The number of likely N-dealkylation sites (tertiary alicyclic amines) is 1. The maximum absolute atomic E-state index is 13.0. The zero-order valence-electron chi connectivity index (χ0n) is 16.7. The molecule has 8 nitrogen and oxygen atoms in total. The molecule has 0 spiro atoms. The quantitative estimate of drug-likeness (QED) is 0.729. The summed E-state index contributed by atoms with van der Waals surface area (Å²) in [4.78, 5) is 47.5. The zero-order chi connectivity index (χ0) is 19.8. The molecule has 3 aliphatic heterocycles. The first-order valence-electron chi connectivity index (χ1n) is 10.2. The molecule has 4 heterocycles. The van der Waals surface area contributed by atoms with Crippen LogP contribution in [0.1, 0.15) is 25.7 Å². The summed E-state index contributed by atoms with van der Waals surface area (Å²) in [5, 5.41) is 0. The van der Waals surface area contributed by atoms with Crippen molar-refractivity contribution in [2.75, 3.05) is 33.7 Å². The van der Waals surface area contributed by atoms with Gasteiger partial charge in [0.15, 0.2) is 0 Å². The number of hydrogen-bond acceptors (Lipinski definition) is 5. The van der Waals surface area contributed by atoms with Crippen LogP contribution in [0.3, 0.4) is 0 Å². The Balaban J connectivity index is 1.55. The van der Waals surface area contributed by atoms with E-state index in [2.05, 4.69) is 14.8 Å². The van der Waals surface area contributed by atoms with Crippen LogP contribution < -0.4 is 5.69 Å². The van der Waals surface area contributed by atoms with Crippen LogP contribution in [-0.4, -0.2) is 81.9 Å². The van der Waals surface area contributed by atoms with E-state index in [0.29, 0.717) is 25.4 Å².